The Kier molecular flexibility index (Phi) is 5.17. The van der Waals surface area contributed by atoms with E-state index < -0.39 is 0 Å². The first kappa shape index (κ1) is 16.5. The molecule has 1 aliphatic rings. The maximum absolute atomic E-state index is 12.5. The fraction of sp³-hybridized carbons (Fsp3) is 0.500. The Morgan fingerprint density at radius 1 is 1.46 bits per heavy atom. The van der Waals surface area contributed by atoms with E-state index >= 15 is 0 Å². The Bertz CT molecular complexity index is 661. The molecule has 2 aromatic heterocycles. The maximum Gasteiger partial charge on any atom is 0.251 e. The third kappa shape index (κ3) is 3.77. The zero-order chi connectivity index (χ0) is 16.8. The molecule has 0 radical (unpaired) electrons. The maximum atomic E-state index is 12.5. The first-order valence-electron chi connectivity index (χ1n) is 8.01. The van der Waals surface area contributed by atoms with E-state index in [9.17, 15) is 4.79 Å². The fourth-order valence-electron chi connectivity index (χ4n) is 3.02. The summed E-state index contributed by atoms with van der Waals surface area (Å²) in [7, 11) is 1.71. The molecule has 3 heterocycles. The molecule has 8 nitrogen and oxygen atoms in total. The summed E-state index contributed by atoms with van der Waals surface area (Å²) in [5, 5.41) is 10.4. The number of amides is 1. The summed E-state index contributed by atoms with van der Waals surface area (Å²) in [5.41, 5.74) is 0.550. The molecule has 1 fully saturated rings. The monoisotopic (exact) mass is 330 g/mol. The zero-order valence-corrected chi connectivity index (χ0v) is 13.7. The Morgan fingerprint density at radius 3 is 3.00 bits per heavy atom. The van der Waals surface area contributed by atoms with E-state index in [0.717, 1.165) is 25.9 Å². The summed E-state index contributed by atoms with van der Waals surface area (Å²) in [6.07, 6.45) is 6.55. The number of ether oxygens (including phenoxy) is 1. The number of hydrogen-bond donors (Lipinski definition) is 2. The average Bonchev–Trinajstić information content (AvgIpc) is 3.16. The Hall–Kier alpha value is -2.32. The molecule has 0 atom stereocenters. The van der Waals surface area contributed by atoms with Crippen LogP contribution in [-0.2, 0) is 4.74 Å². The molecular weight excluding hydrogens is 308 g/mol. The van der Waals surface area contributed by atoms with Crippen LogP contribution >= 0.6 is 0 Å². The number of piperidine rings is 1. The van der Waals surface area contributed by atoms with Gasteiger partial charge in [0.1, 0.15) is 12.7 Å². The van der Waals surface area contributed by atoms with Crippen molar-refractivity contribution in [1.29, 1.82) is 0 Å². The van der Waals surface area contributed by atoms with Gasteiger partial charge >= 0.3 is 0 Å². The number of nitrogens with zero attached hydrogens (tertiary/aromatic N) is 4. The summed E-state index contributed by atoms with van der Waals surface area (Å²) < 4.78 is 6.91. The average molecular weight is 330 g/mol. The molecule has 1 amide bonds. The van der Waals surface area contributed by atoms with Crippen LogP contribution in [0.4, 0.5) is 0 Å². The zero-order valence-electron chi connectivity index (χ0n) is 13.7. The van der Waals surface area contributed by atoms with E-state index in [2.05, 4.69) is 25.7 Å². The summed E-state index contributed by atoms with van der Waals surface area (Å²) in [5.74, 6) is 0.446. The minimum atomic E-state index is -0.118. The first-order chi connectivity index (χ1) is 11.7. The van der Waals surface area contributed by atoms with E-state index in [1.54, 1.807) is 31.8 Å². The van der Waals surface area contributed by atoms with E-state index in [1.807, 2.05) is 0 Å². The molecule has 1 saturated heterocycles. The van der Waals surface area contributed by atoms with Crippen LogP contribution in [-0.4, -0.2) is 59.0 Å². The second-order valence-electron chi connectivity index (χ2n) is 6.11. The minimum absolute atomic E-state index is 0.00256. The molecule has 8 heteroatoms. The number of carbonyl (C=O) groups is 1. The number of nitrogens with one attached hydrogen (secondary N) is 2. The smallest absolute Gasteiger partial charge is 0.251 e. The highest BCUT2D eigenvalue weighted by molar-refractivity contribution is 5.94. The number of rotatable bonds is 6. The molecule has 3 rings (SSSR count). The lowest BCUT2D eigenvalue weighted by Gasteiger charge is -2.37. The van der Waals surface area contributed by atoms with Gasteiger partial charge in [-0.05, 0) is 38.1 Å². The van der Waals surface area contributed by atoms with Crippen LogP contribution in [0.1, 0.15) is 23.2 Å². The molecular formula is C16H22N6O2. The third-order valence-corrected chi connectivity index (χ3v) is 4.40. The van der Waals surface area contributed by atoms with E-state index in [-0.39, 0.29) is 11.3 Å². The highest BCUT2D eigenvalue weighted by Gasteiger charge is 2.32. The van der Waals surface area contributed by atoms with Crippen molar-refractivity contribution in [3.63, 3.8) is 0 Å². The first-order valence-corrected chi connectivity index (χ1v) is 8.01. The van der Waals surface area contributed by atoms with Crippen LogP contribution in [0.3, 0.4) is 0 Å². The lowest BCUT2D eigenvalue weighted by Crippen LogP contribution is -2.47. The lowest BCUT2D eigenvalue weighted by molar-refractivity contribution is 0.0511. The van der Waals surface area contributed by atoms with Gasteiger partial charge in [0.05, 0.1) is 6.61 Å². The SMILES string of the molecule is COCC1(CNC(=O)c2ccnc(-n3cncn3)c2)CCNCC1. The highest BCUT2D eigenvalue weighted by Crippen LogP contribution is 2.28. The van der Waals surface area contributed by atoms with E-state index in [4.69, 9.17) is 4.74 Å². The van der Waals surface area contributed by atoms with Gasteiger partial charge in [0.25, 0.3) is 5.91 Å². The van der Waals surface area contributed by atoms with Gasteiger partial charge in [0.15, 0.2) is 5.82 Å². The summed E-state index contributed by atoms with van der Waals surface area (Å²) in [4.78, 5) is 20.6. The van der Waals surface area contributed by atoms with Gasteiger partial charge in [-0.1, -0.05) is 0 Å². The largest absolute Gasteiger partial charge is 0.384 e. The van der Waals surface area contributed by atoms with Gasteiger partial charge in [-0.2, -0.15) is 5.10 Å². The predicted molar refractivity (Wildman–Crippen MR) is 87.9 cm³/mol. The Balaban J connectivity index is 1.67. The normalized spacial score (nSPS) is 16.7. The van der Waals surface area contributed by atoms with Crippen molar-refractivity contribution in [3.8, 4) is 5.82 Å². The van der Waals surface area contributed by atoms with Crippen LogP contribution in [0.25, 0.3) is 5.82 Å². The van der Waals surface area contributed by atoms with Gasteiger partial charge in [0.2, 0.25) is 0 Å². The minimum Gasteiger partial charge on any atom is -0.384 e. The van der Waals surface area contributed by atoms with Crippen molar-refractivity contribution in [2.45, 2.75) is 12.8 Å². The lowest BCUT2D eigenvalue weighted by atomic mass is 9.79. The molecule has 0 spiro atoms. The molecule has 24 heavy (non-hydrogen) atoms. The molecule has 1 aliphatic heterocycles. The van der Waals surface area contributed by atoms with Gasteiger partial charge in [-0.15, -0.1) is 0 Å². The fourth-order valence-corrected chi connectivity index (χ4v) is 3.02. The summed E-state index contributed by atoms with van der Waals surface area (Å²) in [6.45, 7) is 3.15. The summed E-state index contributed by atoms with van der Waals surface area (Å²) in [6, 6.07) is 3.40. The number of pyridine rings is 1. The van der Waals surface area contributed by atoms with Crippen LogP contribution in [0.2, 0.25) is 0 Å². The van der Waals surface area contributed by atoms with Crippen LogP contribution < -0.4 is 10.6 Å². The summed E-state index contributed by atoms with van der Waals surface area (Å²) >= 11 is 0. The third-order valence-electron chi connectivity index (χ3n) is 4.40. The molecule has 0 saturated carbocycles. The van der Waals surface area contributed by atoms with E-state index in [0.29, 0.717) is 24.5 Å². The number of carbonyl (C=O) groups excluding carboxylic acids is 1. The van der Waals surface area contributed by atoms with Crippen molar-refractivity contribution in [2.24, 2.45) is 5.41 Å². The predicted octanol–water partition coefficient (Wildman–Crippen LogP) is 0.408. The molecule has 0 unspecified atom stereocenters. The second-order valence-corrected chi connectivity index (χ2v) is 6.11. The second kappa shape index (κ2) is 7.50. The Labute approximate surface area is 140 Å². The van der Waals surface area contributed by atoms with Crippen molar-refractivity contribution >= 4 is 5.91 Å². The molecule has 2 N–H and O–H groups in total. The highest BCUT2D eigenvalue weighted by atomic mass is 16.5. The number of hydrogen-bond acceptors (Lipinski definition) is 6. The topological polar surface area (TPSA) is 94.0 Å². The van der Waals surface area contributed by atoms with Crippen LogP contribution in [0.5, 0.6) is 0 Å². The molecule has 0 aliphatic carbocycles. The molecule has 0 aromatic carbocycles. The number of methoxy groups -OCH3 is 1. The van der Waals surface area contributed by atoms with Gasteiger partial charge in [-0.25, -0.2) is 14.6 Å². The van der Waals surface area contributed by atoms with E-state index in [1.165, 1.54) is 11.0 Å². The molecule has 2 aromatic rings. The Morgan fingerprint density at radius 2 is 2.29 bits per heavy atom. The van der Waals surface area contributed by atoms with Crippen LogP contribution in [0, 0.1) is 5.41 Å². The van der Waals surface area contributed by atoms with Crippen molar-refractivity contribution in [1.82, 2.24) is 30.4 Å². The number of aromatic nitrogens is 4. The molecule has 128 valence electrons. The van der Waals surface area contributed by atoms with Crippen molar-refractivity contribution in [2.75, 3.05) is 33.4 Å². The van der Waals surface area contributed by atoms with Crippen LogP contribution in [0.15, 0.2) is 31.0 Å². The molecule has 0 bridgehead atoms. The quantitative estimate of drug-likeness (QED) is 0.797. The van der Waals surface area contributed by atoms with Crippen molar-refractivity contribution < 1.29 is 9.53 Å². The van der Waals surface area contributed by atoms with Gasteiger partial charge in [0, 0.05) is 30.8 Å². The van der Waals surface area contributed by atoms with Gasteiger partial charge < -0.3 is 15.4 Å². The van der Waals surface area contributed by atoms with Gasteiger partial charge in [-0.3, -0.25) is 4.79 Å². The standard InChI is InChI=1S/C16H22N6O2/c1-24-10-16(3-6-17-7-4-16)9-20-15(23)13-2-5-19-14(8-13)22-12-18-11-21-22/h2,5,8,11-12,17H,3-4,6-7,9-10H2,1H3,(H,20,23). The van der Waals surface area contributed by atoms with Crippen molar-refractivity contribution in [3.05, 3.63) is 36.5 Å².